The summed E-state index contributed by atoms with van der Waals surface area (Å²) in [6.45, 7) is 85.0. The maximum Gasteiger partial charge on any atom is 0.410 e. The number of likely N-dealkylation sites (tertiary alicyclic amines) is 1. The van der Waals surface area contributed by atoms with E-state index in [1.54, 1.807) is 64.3 Å². The van der Waals surface area contributed by atoms with Crippen molar-refractivity contribution in [3.05, 3.63) is 83.4 Å². The van der Waals surface area contributed by atoms with Crippen LogP contribution in [0.3, 0.4) is 0 Å². The molecule has 3 aliphatic rings. The van der Waals surface area contributed by atoms with Gasteiger partial charge >= 0.3 is 6.09 Å². The van der Waals surface area contributed by atoms with E-state index in [2.05, 4.69) is 183 Å². The summed E-state index contributed by atoms with van der Waals surface area (Å²) in [7, 11) is 5.88. The highest BCUT2D eigenvalue weighted by atomic mass is 32.2. The highest BCUT2D eigenvalue weighted by molar-refractivity contribution is 7.87. The van der Waals surface area contributed by atoms with Crippen LogP contribution in [0.25, 0.3) is 0 Å². The van der Waals surface area contributed by atoms with Gasteiger partial charge in [-0.1, -0.05) is 138 Å². The number of benzene rings is 3. The van der Waals surface area contributed by atoms with Crippen molar-refractivity contribution in [3.8, 4) is 11.5 Å². The Labute approximate surface area is 876 Å². The first-order chi connectivity index (χ1) is 65.8. The number of hydrogen-bond acceptors (Lipinski definition) is 26. The summed E-state index contributed by atoms with van der Waals surface area (Å²) in [4.78, 5) is 30.6. The Morgan fingerprint density at radius 1 is 0.559 bits per heavy atom. The fraction of sp³-hybridized carbons (Fsp3) is 0.820. The number of nitrogens with zero attached hydrogens (tertiary/aromatic N) is 4. The van der Waals surface area contributed by atoms with Crippen LogP contribution in [0.1, 0.15) is 331 Å². The van der Waals surface area contributed by atoms with E-state index in [9.17, 15) is 35.2 Å². The summed E-state index contributed by atoms with van der Waals surface area (Å²) < 4.78 is 129. The van der Waals surface area contributed by atoms with Gasteiger partial charge in [0.15, 0.2) is 6.29 Å². The van der Waals surface area contributed by atoms with Gasteiger partial charge in [0.2, 0.25) is 5.91 Å². The summed E-state index contributed by atoms with van der Waals surface area (Å²) in [5.74, 6) is 4.23. The maximum absolute atomic E-state index is 12.3. The third kappa shape index (κ3) is 105. The Morgan fingerprint density at radius 3 is 1.29 bits per heavy atom. The van der Waals surface area contributed by atoms with Crippen LogP contribution in [0.15, 0.2) is 76.5 Å². The van der Waals surface area contributed by atoms with Gasteiger partial charge in [0.1, 0.15) is 36.6 Å². The molecule has 3 fully saturated rings. The molecule has 3 aromatic rings. The Morgan fingerprint density at radius 2 is 1.01 bits per heavy atom. The molecule has 0 radical (unpaired) electrons. The summed E-state index contributed by atoms with van der Waals surface area (Å²) in [6.07, 6.45) is 8.41. The molecular formula is C111H222F2N8O20S2. The van der Waals surface area contributed by atoms with E-state index in [1.807, 2.05) is 156 Å². The summed E-state index contributed by atoms with van der Waals surface area (Å²) >= 11 is 0. The minimum Gasteiger partial charge on any atom is -0.497 e. The Balaban J connectivity index is -0.000000235. The molecule has 7 N–H and O–H groups in total. The monoisotopic (exact) mass is 2090 g/mol. The number of carbonyl (C=O) groups is 2. The third-order valence-electron chi connectivity index (χ3n) is 20.1. The van der Waals surface area contributed by atoms with Gasteiger partial charge < -0.3 is 98.8 Å². The highest BCUT2D eigenvalue weighted by Gasteiger charge is 2.27. The topological polar surface area (TPSA) is 326 Å². The Hall–Kier alpha value is -4.92. The molecule has 3 aromatic carbocycles. The second-order valence-electron chi connectivity index (χ2n) is 42.7. The number of nitrogens with one attached hydrogen (secondary N) is 4. The van der Waals surface area contributed by atoms with E-state index in [1.165, 1.54) is 55.6 Å². The minimum atomic E-state index is -3.83. The van der Waals surface area contributed by atoms with Gasteiger partial charge in [-0.05, 0) is 332 Å². The number of aliphatic hydroxyl groups is 3. The van der Waals surface area contributed by atoms with E-state index in [-0.39, 0.29) is 97.9 Å². The van der Waals surface area contributed by atoms with Crippen molar-refractivity contribution in [2.45, 2.75) is 452 Å². The van der Waals surface area contributed by atoms with Crippen molar-refractivity contribution in [1.29, 1.82) is 0 Å². The van der Waals surface area contributed by atoms with E-state index < -0.39 is 44.7 Å². The van der Waals surface area contributed by atoms with Crippen LogP contribution in [0.2, 0.25) is 0 Å². The van der Waals surface area contributed by atoms with Gasteiger partial charge in [0.05, 0.1) is 106 Å². The maximum atomic E-state index is 12.3. The zero-order valence-corrected chi connectivity index (χ0v) is 101. The van der Waals surface area contributed by atoms with Crippen molar-refractivity contribution in [2.75, 3.05) is 142 Å². The predicted molar refractivity (Wildman–Crippen MR) is 594 cm³/mol. The molecule has 1 aliphatic carbocycles. The van der Waals surface area contributed by atoms with Crippen LogP contribution >= 0.6 is 0 Å². The van der Waals surface area contributed by atoms with Crippen molar-refractivity contribution < 1.29 is 102 Å². The SMILES string of the molecule is CC(C)CC(O)CF.CC(C)N(C)C(=O)OC(C)(C)C.CC(C)N1CCCC1=O.CC(C)NCC1CC1.CC(C)NCCF.CC(C)OC[C@@H](C)O.CC(C)OC[C@H](C)O.CCN(C)C(C)(C)C.CCNC(C)C.CN(C)C(C)(C)C.CNC(C)C.COc1ccc(CCC(C)C)c(OC)c1.Cc1ccc(S(=O)(=O)OCC(COC(C)C)OC2CCCCO2)cc1.Cc1ccc(S(=O)(=O)OCCOC(C)C)cc1. The molecule has 28 nitrogen and oxygen atoms in total. The fourth-order valence-electron chi connectivity index (χ4n) is 10.1. The van der Waals surface area contributed by atoms with Crippen molar-refractivity contribution >= 4 is 32.2 Å². The summed E-state index contributed by atoms with van der Waals surface area (Å²) in [5, 5.41) is 38.6. The zero-order chi connectivity index (χ0) is 113. The number of amides is 2. The average Bonchev–Trinajstić information content (AvgIpc) is 1.74. The van der Waals surface area contributed by atoms with Crippen molar-refractivity contribution in [2.24, 2.45) is 17.8 Å². The van der Waals surface area contributed by atoms with E-state index in [0.717, 1.165) is 92.6 Å². The molecule has 2 saturated heterocycles. The number of carbonyl (C=O) groups excluding carboxylic acids is 2. The summed E-state index contributed by atoms with van der Waals surface area (Å²) in [6, 6.07) is 22.1. The normalized spacial score (nSPS) is 14.4. The Kier molecular flexibility index (Phi) is 96.4. The smallest absolute Gasteiger partial charge is 0.410 e. The molecule has 852 valence electrons. The van der Waals surface area contributed by atoms with Crippen LogP contribution < -0.4 is 30.7 Å². The van der Waals surface area contributed by atoms with Gasteiger partial charge in [-0.25, -0.2) is 13.6 Å². The second-order valence-corrected chi connectivity index (χ2v) is 45.9. The molecule has 1 saturated carbocycles. The van der Waals surface area contributed by atoms with Crippen LogP contribution in [0, 0.1) is 31.6 Å². The van der Waals surface area contributed by atoms with Crippen LogP contribution in [-0.2, 0) is 73.0 Å². The zero-order valence-electron chi connectivity index (χ0n) is 99.4. The lowest BCUT2D eigenvalue weighted by molar-refractivity contribution is -0.204. The number of alkyl halides is 2. The lowest BCUT2D eigenvalue weighted by Gasteiger charge is -2.30. The molecule has 6 rings (SSSR count). The largest absolute Gasteiger partial charge is 0.497 e. The fourth-order valence-corrected chi connectivity index (χ4v) is 11.9. The van der Waals surface area contributed by atoms with Crippen molar-refractivity contribution in [1.82, 2.24) is 40.9 Å². The molecular weight excluding hydrogens is 1870 g/mol. The number of rotatable bonds is 41. The Bertz CT molecular complexity index is 3560. The van der Waals surface area contributed by atoms with E-state index >= 15 is 0 Å². The number of ether oxygens (including phenoxy) is 9. The second kappa shape index (κ2) is 89.9. The lowest BCUT2D eigenvalue weighted by Crippen LogP contribution is -2.38. The molecule has 2 heterocycles. The summed E-state index contributed by atoms with van der Waals surface area (Å²) in [5.41, 5.74) is 3.52. The molecule has 0 aromatic heterocycles. The standard InChI is InChI=1S/C18H28O6S.C13H20O2.C12H18O4S.C9H19NO2.C7H13NO.C7H15N.C7H17N.C6H13FO.C6H15N.2C6H14O2.C5H12FN.C5H13N.C4H11N/c1-14(2)22-12-16(24-18-6-4-5-11-21-18)13-23-25(19,20)17-9-7-15(3)8-10-17;1-10(2)5-6-11-7-8-12(14-3)9-13(11)15-4;1-10(2)15-8-9-16-17(13,14)12-6-4-11(3)5-7-12;1-7(2)10(6)8(11)12-9(3,4)5;1-6(2)8-5-3-4-7(8)9;1-6(2)8-5-7-3-4-7;1-6-8(5)7(2,3)4;1-5(2)3-6(8)4-7;1-6(2,3)7(4)5;2*1-5(2)8-4-6(3)7;1-5(2)7-4-3-6;1-4-6-5(2)3;1-4(2)5-3/h7-10,14,16,18H,4-6,11-13H2,1-3H3;7-10H,5-6H2,1-4H3;4-7,10H,8-9H2,1-3H3;7H,1-6H3;6H,3-5H2,1-2H3;6-8H,3-5H2,1-2H3;6H2,1-5H3;5-6,8H,3-4H2,1-2H3;1-5H3;2*5-7H,4H2,1-3H3;5,7H,3-4H2,1-2H3;5-6H,4H2,1-3H3;4-5H,1-3H3/t;;;;;;;;;2*6-;;;/m.........10.../s1. The number of aryl methyl sites for hydroxylation is 3. The molecule has 0 spiro atoms. The van der Waals surface area contributed by atoms with Crippen LogP contribution in [-0.4, -0.2) is 314 Å². The van der Waals surface area contributed by atoms with Crippen LogP contribution in [0.4, 0.5) is 13.6 Å². The van der Waals surface area contributed by atoms with Crippen LogP contribution in [0.5, 0.6) is 11.5 Å². The number of halogens is 2. The van der Waals surface area contributed by atoms with Gasteiger partial charge in [-0.2, -0.15) is 16.8 Å². The first-order valence-corrected chi connectivity index (χ1v) is 55.2. The molecule has 2 amide bonds. The van der Waals surface area contributed by atoms with Gasteiger partial charge in [-0.15, -0.1) is 0 Å². The molecule has 32 heteroatoms. The molecule has 2 aliphatic heterocycles. The third-order valence-corrected chi connectivity index (χ3v) is 22.8. The molecule has 3 unspecified atom stereocenters. The van der Waals surface area contributed by atoms with Crippen molar-refractivity contribution in [3.63, 3.8) is 0 Å². The minimum absolute atomic E-state index is 0.0204. The molecule has 5 atom stereocenters. The lowest BCUT2D eigenvalue weighted by atomic mass is 10.0. The van der Waals surface area contributed by atoms with E-state index in [0.29, 0.717) is 85.9 Å². The highest BCUT2D eigenvalue weighted by Crippen LogP contribution is 2.29. The first kappa shape index (κ1) is 153. The van der Waals surface area contributed by atoms with Gasteiger partial charge in [0.25, 0.3) is 20.2 Å². The molecule has 143 heavy (non-hydrogen) atoms. The van der Waals surface area contributed by atoms with E-state index in [4.69, 9.17) is 66.3 Å². The predicted octanol–water partition coefficient (Wildman–Crippen LogP) is 21.7. The van der Waals surface area contributed by atoms with Gasteiger partial charge in [0, 0.05) is 86.6 Å². The number of aliphatic hydroxyl groups excluding tert-OH is 3. The average molecular weight is 2090 g/mol. The first-order valence-electron chi connectivity index (χ1n) is 52.4. The number of hydrogen-bond donors (Lipinski definition) is 7. The quantitative estimate of drug-likeness (QED) is 0.0205. The molecule has 0 bridgehead atoms. The number of methoxy groups -OCH3 is 2. The van der Waals surface area contributed by atoms with Gasteiger partial charge in [-0.3, -0.25) is 13.2 Å².